The third-order valence-electron chi connectivity index (χ3n) is 3.77. The Morgan fingerprint density at radius 2 is 1.96 bits per heavy atom. The van der Waals surface area contributed by atoms with Crippen LogP contribution in [0.2, 0.25) is 5.02 Å². The molecule has 3 aromatic rings. The SMILES string of the molecule is COCCOc1ccc2c(OC)cc(-c3nc(NC(C)C)cs3)nc2c1Cl. The number of halogens is 1. The molecule has 0 saturated heterocycles. The second-order valence-electron chi connectivity index (χ2n) is 6.16. The van der Waals surface area contributed by atoms with Crippen molar-refractivity contribution in [2.75, 3.05) is 32.8 Å². The lowest BCUT2D eigenvalue weighted by atomic mass is 10.1. The van der Waals surface area contributed by atoms with Crippen molar-refractivity contribution in [2.45, 2.75) is 19.9 Å². The monoisotopic (exact) mass is 407 g/mol. The quantitative estimate of drug-likeness (QED) is 0.537. The number of methoxy groups -OCH3 is 2. The fourth-order valence-electron chi connectivity index (χ4n) is 2.59. The van der Waals surface area contributed by atoms with Crippen molar-refractivity contribution in [2.24, 2.45) is 0 Å². The topological polar surface area (TPSA) is 65.5 Å². The van der Waals surface area contributed by atoms with Crippen molar-refractivity contribution < 1.29 is 14.2 Å². The van der Waals surface area contributed by atoms with E-state index in [4.69, 9.17) is 30.8 Å². The molecule has 0 aliphatic carbocycles. The van der Waals surface area contributed by atoms with Gasteiger partial charge in [0.25, 0.3) is 0 Å². The molecule has 0 aliphatic rings. The number of fused-ring (bicyclic) bond motifs is 1. The minimum absolute atomic E-state index is 0.306. The highest BCUT2D eigenvalue weighted by Gasteiger charge is 2.16. The molecular formula is C19H22ClN3O3S. The number of rotatable bonds is 8. The number of anilines is 1. The van der Waals surface area contributed by atoms with E-state index in [0.29, 0.717) is 47.0 Å². The zero-order chi connectivity index (χ0) is 19.4. The summed E-state index contributed by atoms with van der Waals surface area (Å²) >= 11 is 8.09. The van der Waals surface area contributed by atoms with Gasteiger partial charge in [-0.3, -0.25) is 0 Å². The average Bonchev–Trinajstić information content (AvgIpc) is 3.10. The molecule has 3 rings (SSSR count). The first kappa shape index (κ1) is 19.7. The predicted molar refractivity (Wildman–Crippen MR) is 111 cm³/mol. The predicted octanol–water partition coefficient (Wildman–Crippen LogP) is 4.87. The highest BCUT2D eigenvalue weighted by Crippen LogP contribution is 2.38. The van der Waals surface area contributed by atoms with Crippen molar-refractivity contribution >= 4 is 39.7 Å². The molecule has 0 aliphatic heterocycles. The fourth-order valence-corrected chi connectivity index (χ4v) is 3.57. The largest absolute Gasteiger partial charge is 0.496 e. The molecule has 144 valence electrons. The summed E-state index contributed by atoms with van der Waals surface area (Å²) in [7, 11) is 3.25. The second kappa shape index (κ2) is 8.73. The summed E-state index contributed by atoms with van der Waals surface area (Å²) in [5.41, 5.74) is 1.33. The van der Waals surface area contributed by atoms with E-state index in [0.717, 1.165) is 16.2 Å². The van der Waals surface area contributed by atoms with Crippen molar-refractivity contribution in [3.8, 4) is 22.2 Å². The minimum atomic E-state index is 0.306. The lowest BCUT2D eigenvalue weighted by molar-refractivity contribution is 0.146. The normalized spacial score (nSPS) is 11.2. The summed E-state index contributed by atoms with van der Waals surface area (Å²) in [5.74, 6) is 2.08. The molecule has 0 amide bonds. The number of nitrogens with one attached hydrogen (secondary N) is 1. The van der Waals surface area contributed by atoms with Gasteiger partial charge in [0.1, 0.15) is 39.6 Å². The fraction of sp³-hybridized carbons (Fsp3) is 0.368. The molecule has 0 fully saturated rings. The average molecular weight is 408 g/mol. The van der Waals surface area contributed by atoms with E-state index in [2.05, 4.69) is 24.1 Å². The van der Waals surface area contributed by atoms with Crippen LogP contribution in [0.1, 0.15) is 13.8 Å². The lowest BCUT2D eigenvalue weighted by Crippen LogP contribution is -2.09. The Labute approximate surface area is 167 Å². The number of ether oxygens (including phenoxy) is 3. The zero-order valence-electron chi connectivity index (χ0n) is 15.7. The molecule has 0 unspecified atom stereocenters. The van der Waals surface area contributed by atoms with Crippen LogP contribution in [0.15, 0.2) is 23.6 Å². The molecule has 0 bridgehead atoms. The molecule has 2 aromatic heterocycles. The first-order chi connectivity index (χ1) is 13.0. The third kappa shape index (κ3) is 4.43. The van der Waals surface area contributed by atoms with Gasteiger partial charge in [0.15, 0.2) is 0 Å². The van der Waals surface area contributed by atoms with Crippen LogP contribution >= 0.6 is 22.9 Å². The Balaban J connectivity index is 2.03. The first-order valence-electron chi connectivity index (χ1n) is 8.55. The highest BCUT2D eigenvalue weighted by atomic mass is 35.5. The Morgan fingerprint density at radius 3 is 2.67 bits per heavy atom. The molecule has 0 spiro atoms. The standard InChI is InChI=1S/C19H22ClN3O3S/c1-11(2)21-16-10-27-19(23-16)13-9-15(25-4)12-5-6-14(26-8-7-24-3)17(20)18(12)22-13/h5-6,9-11,21H,7-8H2,1-4H3. The molecule has 2 heterocycles. The van der Waals surface area contributed by atoms with Gasteiger partial charge in [-0.2, -0.15) is 0 Å². The van der Waals surface area contributed by atoms with E-state index in [-0.39, 0.29) is 0 Å². The molecule has 1 N–H and O–H groups in total. The number of pyridine rings is 1. The van der Waals surface area contributed by atoms with Crippen molar-refractivity contribution in [3.63, 3.8) is 0 Å². The molecule has 1 aromatic carbocycles. The summed E-state index contributed by atoms with van der Waals surface area (Å²) in [5, 5.41) is 7.32. The van der Waals surface area contributed by atoms with Gasteiger partial charge in [0, 0.05) is 30.0 Å². The Morgan fingerprint density at radius 1 is 1.15 bits per heavy atom. The Bertz CT molecular complexity index is 930. The Kier molecular flexibility index (Phi) is 6.36. The summed E-state index contributed by atoms with van der Waals surface area (Å²) in [6.07, 6.45) is 0. The van der Waals surface area contributed by atoms with Crippen LogP contribution in [0.5, 0.6) is 11.5 Å². The van der Waals surface area contributed by atoms with E-state index in [1.165, 1.54) is 11.3 Å². The van der Waals surface area contributed by atoms with Crippen molar-refractivity contribution in [3.05, 3.63) is 28.6 Å². The Hall–Kier alpha value is -2.09. The maximum atomic E-state index is 6.57. The number of benzene rings is 1. The molecule has 0 radical (unpaired) electrons. The van der Waals surface area contributed by atoms with Gasteiger partial charge in [0.2, 0.25) is 0 Å². The molecular weight excluding hydrogens is 386 g/mol. The maximum absolute atomic E-state index is 6.57. The van der Waals surface area contributed by atoms with Crippen LogP contribution in [-0.2, 0) is 4.74 Å². The summed E-state index contributed by atoms with van der Waals surface area (Å²) < 4.78 is 16.3. The van der Waals surface area contributed by atoms with Crippen molar-refractivity contribution in [1.82, 2.24) is 9.97 Å². The van der Waals surface area contributed by atoms with Gasteiger partial charge in [-0.25, -0.2) is 9.97 Å². The van der Waals surface area contributed by atoms with E-state index in [1.54, 1.807) is 14.2 Å². The van der Waals surface area contributed by atoms with E-state index in [1.807, 2.05) is 23.6 Å². The number of hydrogen-bond acceptors (Lipinski definition) is 7. The van der Waals surface area contributed by atoms with Crippen LogP contribution in [0.3, 0.4) is 0 Å². The van der Waals surface area contributed by atoms with Crippen LogP contribution in [0.25, 0.3) is 21.6 Å². The maximum Gasteiger partial charge on any atom is 0.144 e. The van der Waals surface area contributed by atoms with E-state index in [9.17, 15) is 0 Å². The number of aromatic nitrogens is 2. The van der Waals surface area contributed by atoms with Gasteiger partial charge in [-0.05, 0) is 26.0 Å². The van der Waals surface area contributed by atoms with Crippen LogP contribution in [-0.4, -0.2) is 43.4 Å². The smallest absolute Gasteiger partial charge is 0.144 e. The zero-order valence-corrected chi connectivity index (χ0v) is 17.3. The highest BCUT2D eigenvalue weighted by molar-refractivity contribution is 7.13. The van der Waals surface area contributed by atoms with Gasteiger partial charge in [-0.1, -0.05) is 11.6 Å². The number of thiazole rings is 1. The lowest BCUT2D eigenvalue weighted by Gasteiger charge is -2.12. The molecule has 6 nitrogen and oxygen atoms in total. The van der Waals surface area contributed by atoms with Gasteiger partial charge >= 0.3 is 0 Å². The van der Waals surface area contributed by atoms with Crippen LogP contribution in [0.4, 0.5) is 5.82 Å². The molecule has 27 heavy (non-hydrogen) atoms. The van der Waals surface area contributed by atoms with Crippen LogP contribution in [0, 0.1) is 0 Å². The summed E-state index contributed by atoms with van der Waals surface area (Å²) in [4.78, 5) is 9.35. The summed E-state index contributed by atoms with van der Waals surface area (Å²) in [6, 6.07) is 5.90. The third-order valence-corrected chi connectivity index (χ3v) is 5.00. The molecule has 0 atom stereocenters. The number of hydrogen-bond donors (Lipinski definition) is 1. The van der Waals surface area contributed by atoms with E-state index >= 15 is 0 Å². The van der Waals surface area contributed by atoms with Crippen molar-refractivity contribution in [1.29, 1.82) is 0 Å². The summed E-state index contributed by atoms with van der Waals surface area (Å²) in [6.45, 7) is 5.04. The van der Waals surface area contributed by atoms with E-state index < -0.39 is 0 Å². The van der Waals surface area contributed by atoms with Gasteiger partial charge < -0.3 is 19.5 Å². The van der Waals surface area contributed by atoms with Gasteiger partial charge in [-0.15, -0.1) is 11.3 Å². The first-order valence-corrected chi connectivity index (χ1v) is 9.80. The van der Waals surface area contributed by atoms with Crippen LogP contribution < -0.4 is 14.8 Å². The van der Waals surface area contributed by atoms with Gasteiger partial charge in [0.05, 0.1) is 19.2 Å². The minimum Gasteiger partial charge on any atom is -0.496 e. The molecule has 8 heteroatoms. The molecule has 0 saturated carbocycles. The second-order valence-corrected chi connectivity index (χ2v) is 7.40. The number of nitrogens with zero attached hydrogens (tertiary/aromatic N) is 2.